The standard InChI is InChI=1S/C14H11NO4/c16-13(11-12(19-11)14(17)18)15-10-7-3-5-8-4-1-2-6-9(8)10/h1-7,11-12H,(H,15,16)(H,17,18). The van der Waals surface area contributed by atoms with Crippen molar-refractivity contribution < 1.29 is 19.4 Å². The van der Waals surface area contributed by atoms with Crippen LogP contribution in [0.2, 0.25) is 0 Å². The van der Waals surface area contributed by atoms with Crippen LogP contribution >= 0.6 is 0 Å². The van der Waals surface area contributed by atoms with E-state index < -0.39 is 24.1 Å². The number of epoxide rings is 1. The van der Waals surface area contributed by atoms with E-state index in [4.69, 9.17) is 9.84 Å². The third kappa shape index (κ3) is 2.15. The Morgan fingerprint density at radius 1 is 1.05 bits per heavy atom. The first-order valence-corrected chi connectivity index (χ1v) is 5.84. The molecule has 1 heterocycles. The summed E-state index contributed by atoms with van der Waals surface area (Å²) in [4.78, 5) is 22.5. The van der Waals surface area contributed by atoms with Crippen LogP contribution in [0.15, 0.2) is 42.5 Å². The molecule has 2 unspecified atom stereocenters. The van der Waals surface area contributed by atoms with Gasteiger partial charge in [0.1, 0.15) is 0 Å². The molecule has 2 atom stereocenters. The van der Waals surface area contributed by atoms with Crippen LogP contribution in [0.25, 0.3) is 10.8 Å². The summed E-state index contributed by atoms with van der Waals surface area (Å²) in [7, 11) is 0. The fraction of sp³-hybridized carbons (Fsp3) is 0.143. The van der Waals surface area contributed by atoms with Crippen molar-refractivity contribution in [1.82, 2.24) is 0 Å². The maximum atomic E-state index is 11.8. The number of benzene rings is 2. The van der Waals surface area contributed by atoms with E-state index in [1.165, 1.54) is 0 Å². The third-order valence-electron chi connectivity index (χ3n) is 3.04. The molecule has 0 aliphatic carbocycles. The fourth-order valence-corrected chi connectivity index (χ4v) is 2.04. The van der Waals surface area contributed by atoms with Crippen LogP contribution in [0.3, 0.4) is 0 Å². The zero-order valence-corrected chi connectivity index (χ0v) is 9.87. The number of anilines is 1. The maximum Gasteiger partial charge on any atom is 0.336 e. The molecule has 1 saturated heterocycles. The largest absolute Gasteiger partial charge is 0.479 e. The van der Waals surface area contributed by atoms with Gasteiger partial charge < -0.3 is 15.2 Å². The Kier molecular flexibility index (Phi) is 2.68. The Morgan fingerprint density at radius 2 is 1.79 bits per heavy atom. The summed E-state index contributed by atoms with van der Waals surface area (Å²) < 4.78 is 4.81. The van der Waals surface area contributed by atoms with E-state index in [-0.39, 0.29) is 0 Å². The van der Waals surface area contributed by atoms with Crippen LogP contribution in [0.4, 0.5) is 5.69 Å². The number of carbonyl (C=O) groups excluding carboxylic acids is 1. The average molecular weight is 257 g/mol. The first-order chi connectivity index (χ1) is 9.16. The number of nitrogens with one attached hydrogen (secondary N) is 1. The average Bonchev–Trinajstić information content (AvgIpc) is 3.19. The molecule has 5 heteroatoms. The summed E-state index contributed by atoms with van der Waals surface area (Å²) >= 11 is 0. The predicted molar refractivity (Wildman–Crippen MR) is 68.9 cm³/mol. The molecule has 96 valence electrons. The molecule has 0 radical (unpaired) electrons. The minimum absolute atomic E-state index is 0.427. The molecule has 1 aliphatic heterocycles. The second kappa shape index (κ2) is 4.37. The number of hydrogen-bond acceptors (Lipinski definition) is 3. The van der Waals surface area contributed by atoms with Gasteiger partial charge in [-0.1, -0.05) is 36.4 Å². The van der Waals surface area contributed by atoms with Crippen LogP contribution in [0, 0.1) is 0 Å². The molecule has 19 heavy (non-hydrogen) atoms. The maximum absolute atomic E-state index is 11.8. The SMILES string of the molecule is O=C(O)C1OC1C(=O)Nc1cccc2ccccc12. The summed E-state index contributed by atoms with van der Waals surface area (Å²) in [6.45, 7) is 0. The predicted octanol–water partition coefficient (Wildman–Crippen LogP) is 1.63. The lowest BCUT2D eigenvalue weighted by molar-refractivity contribution is -0.138. The molecule has 0 spiro atoms. The van der Waals surface area contributed by atoms with Gasteiger partial charge in [-0.05, 0) is 11.5 Å². The van der Waals surface area contributed by atoms with Crippen molar-refractivity contribution in [3.8, 4) is 0 Å². The van der Waals surface area contributed by atoms with Gasteiger partial charge in [0.15, 0.2) is 12.2 Å². The van der Waals surface area contributed by atoms with Gasteiger partial charge in [0.2, 0.25) is 0 Å². The number of ether oxygens (including phenoxy) is 1. The van der Waals surface area contributed by atoms with Crippen LogP contribution in [0.1, 0.15) is 0 Å². The molecule has 2 aromatic carbocycles. The number of carboxylic acid groups (broad SMARTS) is 1. The summed E-state index contributed by atoms with van der Waals surface area (Å²) in [6.07, 6.45) is -1.91. The minimum atomic E-state index is -1.11. The third-order valence-corrected chi connectivity index (χ3v) is 3.04. The lowest BCUT2D eigenvalue weighted by atomic mass is 10.1. The van der Waals surface area contributed by atoms with Crippen molar-refractivity contribution in [3.63, 3.8) is 0 Å². The van der Waals surface area contributed by atoms with E-state index >= 15 is 0 Å². The number of aliphatic carboxylic acids is 1. The van der Waals surface area contributed by atoms with Gasteiger partial charge in [0.05, 0.1) is 0 Å². The lowest BCUT2D eigenvalue weighted by Gasteiger charge is -2.07. The number of rotatable bonds is 3. The normalized spacial score (nSPS) is 21.1. The Hall–Kier alpha value is -2.40. The molecule has 0 bridgehead atoms. The van der Waals surface area contributed by atoms with Gasteiger partial charge >= 0.3 is 5.97 Å². The molecule has 2 N–H and O–H groups in total. The van der Waals surface area contributed by atoms with Crippen LogP contribution in [0.5, 0.6) is 0 Å². The fourth-order valence-electron chi connectivity index (χ4n) is 2.04. The second-order valence-electron chi connectivity index (χ2n) is 4.33. The van der Waals surface area contributed by atoms with Gasteiger partial charge in [-0.3, -0.25) is 4.79 Å². The number of amides is 1. The van der Waals surface area contributed by atoms with Crippen molar-refractivity contribution in [2.45, 2.75) is 12.2 Å². The topological polar surface area (TPSA) is 78.9 Å². The smallest absolute Gasteiger partial charge is 0.336 e. The molecule has 5 nitrogen and oxygen atoms in total. The van der Waals surface area contributed by atoms with E-state index in [0.29, 0.717) is 5.69 Å². The van der Waals surface area contributed by atoms with E-state index in [0.717, 1.165) is 10.8 Å². The molecule has 0 saturated carbocycles. The van der Waals surface area contributed by atoms with Gasteiger partial charge in [0, 0.05) is 11.1 Å². The van der Waals surface area contributed by atoms with Crippen LogP contribution in [-0.2, 0) is 14.3 Å². The summed E-state index contributed by atoms with van der Waals surface area (Å²) in [6, 6.07) is 13.2. The zero-order chi connectivity index (χ0) is 13.4. The van der Waals surface area contributed by atoms with E-state index in [1.807, 2.05) is 36.4 Å². The van der Waals surface area contributed by atoms with Crippen molar-refractivity contribution in [2.75, 3.05) is 5.32 Å². The number of hydrogen-bond donors (Lipinski definition) is 2. The first-order valence-electron chi connectivity index (χ1n) is 5.84. The van der Waals surface area contributed by atoms with Crippen LogP contribution < -0.4 is 5.32 Å². The summed E-state index contributed by atoms with van der Waals surface area (Å²) in [5.74, 6) is -1.54. The Bertz CT molecular complexity index is 662. The number of carboxylic acids is 1. The van der Waals surface area contributed by atoms with E-state index in [1.54, 1.807) is 6.07 Å². The van der Waals surface area contributed by atoms with Crippen molar-refractivity contribution in [3.05, 3.63) is 42.5 Å². The molecule has 1 aliphatic rings. The zero-order valence-electron chi connectivity index (χ0n) is 9.87. The van der Waals surface area contributed by atoms with Crippen molar-refractivity contribution in [2.24, 2.45) is 0 Å². The molecule has 0 aromatic heterocycles. The molecule has 3 rings (SSSR count). The molecule has 1 fully saturated rings. The van der Waals surface area contributed by atoms with Gasteiger partial charge in [-0.15, -0.1) is 0 Å². The first kappa shape index (κ1) is 11.7. The molecule has 2 aromatic rings. The van der Waals surface area contributed by atoms with Crippen LogP contribution in [-0.4, -0.2) is 29.2 Å². The molecule has 1 amide bonds. The minimum Gasteiger partial charge on any atom is -0.479 e. The lowest BCUT2D eigenvalue weighted by Crippen LogP contribution is -2.22. The van der Waals surface area contributed by atoms with E-state index in [9.17, 15) is 9.59 Å². The molecular weight excluding hydrogens is 246 g/mol. The van der Waals surface area contributed by atoms with Gasteiger partial charge in [-0.25, -0.2) is 4.79 Å². The van der Waals surface area contributed by atoms with Gasteiger partial charge in [-0.2, -0.15) is 0 Å². The second-order valence-corrected chi connectivity index (χ2v) is 4.33. The summed E-state index contributed by atoms with van der Waals surface area (Å²) in [5.41, 5.74) is 0.655. The number of carbonyl (C=O) groups is 2. The monoisotopic (exact) mass is 257 g/mol. The summed E-state index contributed by atoms with van der Waals surface area (Å²) in [5, 5.41) is 13.3. The highest BCUT2D eigenvalue weighted by Gasteiger charge is 2.50. The Balaban J connectivity index is 1.83. The van der Waals surface area contributed by atoms with Crippen molar-refractivity contribution >= 4 is 28.3 Å². The molecular formula is C14H11NO4. The van der Waals surface area contributed by atoms with Crippen molar-refractivity contribution in [1.29, 1.82) is 0 Å². The highest BCUT2D eigenvalue weighted by molar-refractivity contribution is 6.06. The number of fused-ring (bicyclic) bond motifs is 1. The quantitative estimate of drug-likeness (QED) is 0.819. The van der Waals surface area contributed by atoms with E-state index in [2.05, 4.69) is 5.32 Å². The highest BCUT2D eigenvalue weighted by atomic mass is 16.6. The van der Waals surface area contributed by atoms with Gasteiger partial charge in [0.25, 0.3) is 5.91 Å². The highest BCUT2D eigenvalue weighted by Crippen LogP contribution is 2.27. The Morgan fingerprint density at radius 3 is 2.53 bits per heavy atom. The Labute approximate surface area is 108 Å².